The lowest BCUT2D eigenvalue weighted by atomic mass is 10.0. The number of allylic oxidation sites excluding steroid dienone is 2. The predicted octanol–water partition coefficient (Wildman–Crippen LogP) is 4.29. The number of rotatable bonds is 5. The molecule has 0 bridgehead atoms. The summed E-state index contributed by atoms with van der Waals surface area (Å²) in [4.78, 5) is 0. The van der Waals surface area contributed by atoms with E-state index in [2.05, 4.69) is 24.3 Å². The molecule has 1 unspecified atom stereocenters. The third-order valence-electron chi connectivity index (χ3n) is 2.43. The highest BCUT2D eigenvalue weighted by molar-refractivity contribution is 5.32. The van der Waals surface area contributed by atoms with Crippen LogP contribution < -0.4 is 0 Å². The molecule has 0 aliphatic carbocycles. The maximum absolute atomic E-state index is 5.81. The van der Waals surface area contributed by atoms with Crippen LogP contribution in [0.3, 0.4) is 0 Å². The third-order valence-corrected chi connectivity index (χ3v) is 2.43. The second kappa shape index (κ2) is 7.02. The first-order valence-corrected chi connectivity index (χ1v) is 5.78. The standard InChI is InChI=1S/C15H20O/c1-4-10-13(5-2)15(16-6-3)14-11-8-7-9-12-14/h4-5,7-12,15H,6H2,1-3H3/b10-4-,13-5+. The number of ether oxygens (including phenoxy) is 1. The highest BCUT2D eigenvalue weighted by Crippen LogP contribution is 2.26. The first kappa shape index (κ1) is 12.7. The van der Waals surface area contributed by atoms with Gasteiger partial charge in [-0.25, -0.2) is 0 Å². The monoisotopic (exact) mass is 216 g/mol. The van der Waals surface area contributed by atoms with Gasteiger partial charge >= 0.3 is 0 Å². The summed E-state index contributed by atoms with van der Waals surface area (Å²) in [7, 11) is 0. The molecule has 0 amide bonds. The van der Waals surface area contributed by atoms with E-state index in [0.717, 1.165) is 0 Å². The molecule has 16 heavy (non-hydrogen) atoms. The maximum Gasteiger partial charge on any atom is 0.107 e. The molecule has 1 rings (SSSR count). The molecule has 0 saturated heterocycles. The molecular weight excluding hydrogens is 196 g/mol. The Morgan fingerprint density at radius 2 is 1.94 bits per heavy atom. The van der Waals surface area contributed by atoms with Crippen LogP contribution in [0.25, 0.3) is 0 Å². The zero-order valence-electron chi connectivity index (χ0n) is 10.3. The molecule has 0 aromatic heterocycles. The van der Waals surface area contributed by atoms with Gasteiger partial charge in [0.15, 0.2) is 0 Å². The average molecular weight is 216 g/mol. The van der Waals surface area contributed by atoms with Crippen LogP contribution in [-0.2, 0) is 4.74 Å². The van der Waals surface area contributed by atoms with E-state index in [1.165, 1.54) is 11.1 Å². The molecule has 1 aromatic carbocycles. The lowest BCUT2D eigenvalue weighted by Crippen LogP contribution is -2.06. The van der Waals surface area contributed by atoms with Crippen molar-refractivity contribution in [1.29, 1.82) is 0 Å². The molecule has 0 N–H and O–H groups in total. The summed E-state index contributed by atoms with van der Waals surface area (Å²) >= 11 is 0. The maximum atomic E-state index is 5.81. The molecule has 0 aliphatic rings. The lowest BCUT2D eigenvalue weighted by Gasteiger charge is -2.18. The van der Waals surface area contributed by atoms with Gasteiger partial charge in [-0.3, -0.25) is 0 Å². The van der Waals surface area contributed by atoms with Crippen molar-refractivity contribution in [2.24, 2.45) is 0 Å². The molecule has 0 fully saturated rings. The molecule has 1 nitrogen and oxygen atoms in total. The van der Waals surface area contributed by atoms with Crippen molar-refractivity contribution < 1.29 is 4.74 Å². The number of hydrogen-bond acceptors (Lipinski definition) is 1. The van der Waals surface area contributed by atoms with Crippen molar-refractivity contribution >= 4 is 0 Å². The van der Waals surface area contributed by atoms with Gasteiger partial charge in [0.1, 0.15) is 6.10 Å². The van der Waals surface area contributed by atoms with E-state index < -0.39 is 0 Å². The van der Waals surface area contributed by atoms with E-state index >= 15 is 0 Å². The summed E-state index contributed by atoms with van der Waals surface area (Å²) < 4.78 is 5.81. The number of benzene rings is 1. The zero-order valence-corrected chi connectivity index (χ0v) is 10.3. The van der Waals surface area contributed by atoms with Crippen molar-refractivity contribution in [2.45, 2.75) is 26.9 Å². The lowest BCUT2D eigenvalue weighted by molar-refractivity contribution is 0.0907. The van der Waals surface area contributed by atoms with Gasteiger partial charge in [-0.05, 0) is 31.9 Å². The van der Waals surface area contributed by atoms with Crippen LogP contribution in [-0.4, -0.2) is 6.61 Å². The Hall–Kier alpha value is -1.34. The minimum absolute atomic E-state index is 0.0485. The van der Waals surface area contributed by atoms with Crippen LogP contribution in [0.15, 0.2) is 54.1 Å². The summed E-state index contributed by atoms with van der Waals surface area (Å²) in [6, 6.07) is 10.3. The Morgan fingerprint density at radius 3 is 2.44 bits per heavy atom. The van der Waals surface area contributed by atoms with Crippen molar-refractivity contribution in [2.75, 3.05) is 6.61 Å². The van der Waals surface area contributed by atoms with Crippen LogP contribution in [0.2, 0.25) is 0 Å². The fraction of sp³-hybridized carbons (Fsp3) is 0.333. The Balaban J connectivity index is 2.99. The van der Waals surface area contributed by atoms with E-state index in [0.29, 0.717) is 6.61 Å². The summed E-state index contributed by atoms with van der Waals surface area (Å²) in [5, 5.41) is 0. The van der Waals surface area contributed by atoms with E-state index in [9.17, 15) is 0 Å². The predicted molar refractivity (Wildman–Crippen MR) is 69.4 cm³/mol. The quantitative estimate of drug-likeness (QED) is 0.667. The highest BCUT2D eigenvalue weighted by Gasteiger charge is 2.13. The Labute approximate surface area is 98.5 Å². The van der Waals surface area contributed by atoms with Crippen molar-refractivity contribution in [3.63, 3.8) is 0 Å². The SMILES string of the molecule is C/C=C\C(=C/C)C(OCC)c1ccccc1. The third kappa shape index (κ3) is 3.35. The van der Waals surface area contributed by atoms with Crippen molar-refractivity contribution in [3.05, 3.63) is 59.7 Å². The highest BCUT2D eigenvalue weighted by atomic mass is 16.5. The fourth-order valence-corrected chi connectivity index (χ4v) is 1.71. The Morgan fingerprint density at radius 1 is 1.25 bits per heavy atom. The van der Waals surface area contributed by atoms with Gasteiger partial charge in [-0.15, -0.1) is 0 Å². The van der Waals surface area contributed by atoms with Crippen LogP contribution in [0, 0.1) is 0 Å². The van der Waals surface area contributed by atoms with Crippen molar-refractivity contribution in [1.82, 2.24) is 0 Å². The van der Waals surface area contributed by atoms with E-state index in [-0.39, 0.29) is 6.10 Å². The first-order valence-electron chi connectivity index (χ1n) is 5.78. The van der Waals surface area contributed by atoms with Gasteiger partial charge in [-0.1, -0.05) is 48.6 Å². The molecule has 1 aromatic rings. The van der Waals surface area contributed by atoms with Gasteiger partial charge in [0.25, 0.3) is 0 Å². The van der Waals surface area contributed by atoms with Crippen LogP contribution in [0.1, 0.15) is 32.4 Å². The van der Waals surface area contributed by atoms with Gasteiger partial charge in [0.2, 0.25) is 0 Å². The summed E-state index contributed by atoms with van der Waals surface area (Å²) in [6.45, 7) is 6.81. The van der Waals surface area contributed by atoms with Gasteiger partial charge in [0, 0.05) is 6.61 Å². The minimum Gasteiger partial charge on any atom is -0.369 e. The summed E-state index contributed by atoms with van der Waals surface area (Å²) in [5.74, 6) is 0. The zero-order chi connectivity index (χ0) is 11.8. The Bertz CT molecular complexity index is 349. The van der Waals surface area contributed by atoms with Crippen molar-refractivity contribution in [3.8, 4) is 0 Å². The summed E-state index contributed by atoms with van der Waals surface area (Å²) in [5.41, 5.74) is 2.41. The largest absolute Gasteiger partial charge is 0.369 e. The molecule has 1 heteroatoms. The minimum atomic E-state index is 0.0485. The number of hydrogen-bond donors (Lipinski definition) is 0. The molecule has 1 atom stereocenters. The van der Waals surface area contributed by atoms with E-state index in [1.807, 2.05) is 45.0 Å². The Kier molecular flexibility index (Phi) is 5.58. The summed E-state index contributed by atoms with van der Waals surface area (Å²) in [6.07, 6.45) is 6.30. The molecule has 0 radical (unpaired) electrons. The first-order chi connectivity index (χ1) is 7.83. The van der Waals surface area contributed by atoms with E-state index in [4.69, 9.17) is 4.74 Å². The molecule has 0 saturated carbocycles. The second-order valence-corrected chi connectivity index (χ2v) is 3.53. The van der Waals surface area contributed by atoms with Crippen LogP contribution in [0.5, 0.6) is 0 Å². The molecule has 0 heterocycles. The van der Waals surface area contributed by atoms with Crippen LogP contribution in [0.4, 0.5) is 0 Å². The molecular formula is C15H20O. The second-order valence-electron chi connectivity index (χ2n) is 3.53. The molecule has 0 spiro atoms. The smallest absolute Gasteiger partial charge is 0.107 e. The topological polar surface area (TPSA) is 9.23 Å². The van der Waals surface area contributed by atoms with Gasteiger partial charge in [-0.2, -0.15) is 0 Å². The van der Waals surface area contributed by atoms with Crippen LogP contribution >= 0.6 is 0 Å². The van der Waals surface area contributed by atoms with Gasteiger partial charge in [0.05, 0.1) is 0 Å². The normalized spacial score (nSPS) is 14.3. The van der Waals surface area contributed by atoms with E-state index in [1.54, 1.807) is 0 Å². The molecule has 86 valence electrons. The van der Waals surface area contributed by atoms with Gasteiger partial charge < -0.3 is 4.74 Å². The molecule has 0 aliphatic heterocycles. The fourth-order valence-electron chi connectivity index (χ4n) is 1.71. The average Bonchev–Trinajstić information content (AvgIpc) is 2.35.